The molecule has 2 aliphatic heterocycles. The van der Waals surface area contributed by atoms with Crippen molar-refractivity contribution in [2.75, 3.05) is 11.9 Å². The van der Waals surface area contributed by atoms with Crippen molar-refractivity contribution in [3.8, 4) is 0 Å². The van der Waals surface area contributed by atoms with Crippen molar-refractivity contribution in [3.63, 3.8) is 0 Å². The molecule has 0 radical (unpaired) electrons. The minimum Gasteiger partial charge on any atom is -0.393 e. The lowest BCUT2D eigenvalue weighted by molar-refractivity contribution is -0.119. The number of anilines is 1. The number of carbonyl (C=O) groups is 1. The normalized spacial score (nSPS) is 29.4. The first kappa shape index (κ1) is 13.9. The first-order chi connectivity index (χ1) is 9.61. The van der Waals surface area contributed by atoms with Crippen molar-refractivity contribution in [1.29, 1.82) is 0 Å². The molecule has 1 aromatic rings. The maximum absolute atomic E-state index is 12.1. The van der Waals surface area contributed by atoms with Gasteiger partial charge < -0.3 is 10.4 Å². The van der Waals surface area contributed by atoms with Crippen LogP contribution in [-0.2, 0) is 4.79 Å². The maximum Gasteiger partial charge on any atom is 0.238 e. The maximum atomic E-state index is 12.1. The van der Waals surface area contributed by atoms with Gasteiger partial charge in [-0.1, -0.05) is 11.6 Å². The summed E-state index contributed by atoms with van der Waals surface area (Å²) in [6, 6.07) is 7.85. The van der Waals surface area contributed by atoms with E-state index in [0.717, 1.165) is 31.4 Å². The molecular weight excluding hydrogens is 276 g/mol. The quantitative estimate of drug-likeness (QED) is 0.899. The van der Waals surface area contributed by atoms with E-state index in [9.17, 15) is 9.90 Å². The van der Waals surface area contributed by atoms with Crippen molar-refractivity contribution in [1.82, 2.24) is 4.90 Å². The van der Waals surface area contributed by atoms with Crippen LogP contribution in [0, 0.1) is 0 Å². The molecule has 4 nitrogen and oxygen atoms in total. The largest absolute Gasteiger partial charge is 0.393 e. The number of halogens is 1. The number of nitrogens with one attached hydrogen (secondary N) is 1. The van der Waals surface area contributed by atoms with Gasteiger partial charge in [0.2, 0.25) is 5.91 Å². The third-order valence-electron chi connectivity index (χ3n) is 4.31. The van der Waals surface area contributed by atoms with Crippen LogP contribution in [0.2, 0.25) is 5.02 Å². The van der Waals surface area contributed by atoms with E-state index in [-0.39, 0.29) is 12.0 Å². The number of carbonyl (C=O) groups excluding carboxylic acids is 1. The zero-order chi connectivity index (χ0) is 14.1. The van der Waals surface area contributed by atoms with E-state index in [0.29, 0.717) is 23.7 Å². The Morgan fingerprint density at radius 3 is 2.45 bits per heavy atom. The van der Waals surface area contributed by atoms with Crippen molar-refractivity contribution in [2.45, 2.75) is 43.9 Å². The van der Waals surface area contributed by atoms with Crippen LogP contribution in [0.5, 0.6) is 0 Å². The first-order valence-electron chi connectivity index (χ1n) is 7.11. The summed E-state index contributed by atoms with van der Waals surface area (Å²) in [6.07, 6.45) is 3.59. The Morgan fingerprint density at radius 1 is 1.25 bits per heavy atom. The molecule has 2 N–H and O–H groups in total. The van der Waals surface area contributed by atoms with Gasteiger partial charge >= 0.3 is 0 Å². The van der Waals surface area contributed by atoms with Crippen molar-refractivity contribution >= 4 is 23.2 Å². The topological polar surface area (TPSA) is 52.6 Å². The summed E-state index contributed by atoms with van der Waals surface area (Å²) < 4.78 is 0. The van der Waals surface area contributed by atoms with Crippen molar-refractivity contribution in [2.24, 2.45) is 0 Å². The summed E-state index contributed by atoms with van der Waals surface area (Å²) >= 11 is 5.82. The number of nitrogens with zero attached hydrogens (tertiary/aromatic N) is 1. The third-order valence-corrected chi connectivity index (χ3v) is 4.57. The fraction of sp³-hybridized carbons (Fsp3) is 0.533. The molecule has 2 bridgehead atoms. The third kappa shape index (κ3) is 2.97. The number of aliphatic hydroxyl groups is 1. The smallest absolute Gasteiger partial charge is 0.238 e. The Hall–Kier alpha value is -1.10. The number of hydrogen-bond donors (Lipinski definition) is 2. The van der Waals surface area contributed by atoms with Gasteiger partial charge in [0.15, 0.2) is 0 Å². The number of aliphatic hydroxyl groups excluding tert-OH is 1. The Labute approximate surface area is 123 Å². The van der Waals surface area contributed by atoms with Crippen molar-refractivity contribution < 1.29 is 9.90 Å². The molecule has 2 fully saturated rings. The summed E-state index contributed by atoms with van der Waals surface area (Å²) in [4.78, 5) is 14.4. The van der Waals surface area contributed by atoms with Gasteiger partial charge in [0, 0.05) is 22.8 Å². The highest BCUT2D eigenvalue weighted by molar-refractivity contribution is 6.30. The van der Waals surface area contributed by atoms with Crippen LogP contribution in [-0.4, -0.2) is 40.6 Å². The van der Waals surface area contributed by atoms with E-state index in [2.05, 4.69) is 10.2 Å². The lowest BCUT2D eigenvalue weighted by Gasteiger charge is -2.36. The van der Waals surface area contributed by atoms with Crippen LogP contribution in [0.1, 0.15) is 25.7 Å². The summed E-state index contributed by atoms with van der Waals surface area (Å²) in [5.74, 6) is 0.000567. The van der Waals surface area contributed by atoms with Crippen molar-refractivity contribution in [3.05, 3.63) is 29.3 Å². The molecule has 2 aliphatic rings. The highest BCUT2D eigenvalue weighted by Gasteiger charge is 2.40. The molecule has 0 saturated carbocycles. The molecule has 20 heavy (non-hydrogen) atoms. The van der Waals surface area contributed by atoms with Crippen LogP contribution < -0.4 is 5.32 Å². The molecule has 2 unspecified atom stereocenters. The average molecular weight is 295 g/mol. The van der Waals surface area contributed by atoms with Crippen LogP contribution >= 0.6 is 11.6 Å². The van der Waals surface area contributed by atoms with Gasteiger partial charge in [0.25, 0.3) is 0 Å². The number of benzene rings is 1. The molecule has 2 heterocycles. The van der Waals surface area contributed by atoms with Crippen LogP contribution in [0.25, 0.3) is 0 Å². The zero-order valence-electron chi connectivity index (χ0n) is 11.3. The van der Waals surface area contributed by atoms with E-state index >= 15 is 0 Å². The van der Waals surface area contributed by atoms with Gasteiger partial charge in [0.05, 0.1) is 12.6 Å². The zero-order valence-corrected chi connectivity index (χ0v) is 12.0. The number of fused-ring (bicyclic) bond motifs is 2. The Balaban J connectivity index is 1.58. The standard InChI is InChI=1S/C15H19ClN2O2/c16-10-1-3-11(4-2-10)17-15(20)9-18-12-5-6-13(18)8-14(19)7-12/h1-4,12-14,19H,5-9H2,(H,17,20). The molecule has 2 saturated heterocycles. The molecule has 3 rings (SSSR count). The second kappa shape index (κ2) is 5.72. The molecule has 2 atom stereocenters. The Morgan fingerprint density at radius 2 is 1.85 bits per heavy atom. The Kier molecular flexibility index (Phi) is 3.96. The molecule has 0 aromatic heterocycles. The molecule has 1 aromatic carbocycles. The minimum absolute atomic E-state index is 0.000567. The molecule has 1 amide bonds. The molecular formula is C15H19ClN2O2. The monoisotopic (exact) mass is 294 g/mol. The number of amides is 1. The lowest BCUT2D eigenvalue weighted by Crippen LogP contribution is -2.47. The number of hydrogen-bond acceptors (Lipinski definition) is 3. The van der Waals surface area contributed by atoms with E-state index in [1.54, 1.807) is 24.3 Å². The second-order valence-corrected chi connectivity index (χ2v) is 6.17. The van der Waals surface area contributed by atoms with Gasteiger partial charge in [-0.15, -0.1) is 0 Å². The van der Waals surface area contributed by atoms with E-state index in [4.69, 9.17) is 11.6 Å². The van der Waals surface area contributed by atoms with E-state index in [1.807, 2.05) is 0 Å². The Bertz CT molecular complexity index is 477. The molecule has 5 heteroatoms. The fourth-order valence-corrected chi connectivity index (χ4v) is 3.53. The van der Waals surface area contributed by atoms with E-state index < -0.39 is 0 Å². The van der Waals surface area contributed by atoms with Gasteiger partial charge in [-0.3, -0.25) is 9.69 Å². The predicted molar refractivity (Wildman–Crippen MR) is 78.8 cm³/mol. The predicted octanol–water partition coefficient (Wildman–Crippen LogP) is 2.27. The van der Waals surface area contributed by atoms with Crippen LogP contribution in [0.4, 0.5) is 5.69 Å². The highest BCUT2D eigenvalue weighted by atomic mass is 35.5. The van der Waals surface area contributed by atoms with Gasteiger partial charge in [-0.05, 0) is 49.9 Å². The van der Waals surface area contributed by atoms with Crippen LogP contribution in [0.3, 0.4) is 0 Å². The molecule has 108 valence electrons. The number of rotatable bonds is 3. The number of piperidine rings is 1. The SMILES string of the molecule is O=C(CN1C2CCC1CC(O)C2)Nc1ccc(Cl)cc1. The van der Waals surface area contributed by atoms with Crippen LogP contribution in [0.15, 0.2) is 24.3 Å². The van der Waals surface area contributed by atoms with E-state index in [1.165, 1.54) is 0 Å². The lowest BCUT2D eigenvalue weighted by atomic mass is 10.00. The highest BCUT2D eigenvalue weighted by Crippen LogP contribution is 2.35. The van der Waals surface area contributed by atoms with Gasteiger partial charge in [-0.25, -0.2) is 0 Å². The fourth-order valence-electron chi connectivity index (χ4n) is 3.40. The van der Waals surface area contributed by atoms with Gasteiger partial charge in [0.1, 0.15) is 0 Å². The average Bonchev–Trinajstić information content (AvgIpc) is 2.65. The molecule has 0 aliphatic carbocycles. The summed E-state index contributed by atoms with van der Waals surface area (Å²) in [5, 5.41) is 13.3. The second-order valence-electron chi connectivity index (χ2n) is 5.74. The minimum atomic E-state index is -0.192. The summed E-state index contributed by atoms with van der Waals surface area (Å²) in [6.45, 7) is 0.407. The summed E-state index contributed by atoms with van der Waals surface area (Å²) in [5.41, 5.74) is 0.767. The first-order valence-corrected chi connectivity index (χ1v) is 7.49. The summed E-state index contributed by atoms with van der Waals surface area (Å²) in [7, 11) is 0. The molecule has 0 spiro atoms. The van der Waals surface area contributed by atoms with Gasteiger partial charge in [-0.2, -0.15) is 0 Å².